The van der Waals surface area contributed by atoms with Crippen molar-refractivity contribution < 1.29 is 23.5 Å². The first-order valence-corrected chi connectivity index (χ1v) is 8.06. The van der Waals surface area contributed by atoms with Gasteiger partial charge in [0.2, 0.25) is 0 Å². The number of ether oxygens (including phenoxy) is 1. The second kappa shape index (κ2) is 8.69. The zero-order valence-corrected chi connectivity index (χ0v) is 11.3. The summed E-state index contributed by atoms with van der Waals surface area (Å²) in [6.45, 7) is 3.86. The molecule has 1 unspecified atom stereocenters. The van der Waals surface area contributed by atoms with E-state index in [0.29, 0.717) is 18.9 Å². The Bertz CT molecular complexity index is 200. The topological polar surface area (TPSA) is 65.0 Å². The molecule has 0 radical (unpaired) electrons. The molecule has 0 aliphatic rings. The monoisotopic (exact) mass is 250 g/mol. The maximum atomic E-state index is 11.1. The lowest BCUT2D eigenvalue weighted by molar-refractivity contribution is -0.151. The summed E-state index contributed by atoms with van der Waals surface area (Å²) in [5.41, 5.74) is 0. The van der Waals surface area contributed by atoms with Gasteiger partial charge in [-0.2, -0.15) is 0 Å². The minimum Gasteiger partial charge on any atom is -0.439 e. The number of hydrogen-bond acceptors (Lipinski definition) is 5. The molecule has 16 heavy (non-hydrogen) atoms. The van der Waals surface area contributed by atoms with E-state index in [0.717, 1.165) is 6.42 Å². The fourth-order valence-electron chi connectivity index (χ4n) is 1.13. The van der Waals surface area contributed by atoms with Crippen LogP contribution in [-0.2, 0) is 18.4 Å². The maximum Gasteiger partial charge on any atom is 0.337 e. The molecule has 0 rings (SSSR count). The van der Waals surface area contributed by atoms with Gasteiger partial charge in [-0.3, -0.25) is 4.79 Å². The first kappa shape index (κ1) is 15.6. The van der Waals surface area contributed by atoms with Crippen LogP contribution < -0.4 is 0 Å². The lowest BCUT2D eigenvalue weighted by atomic mass is 10.3. The van der Waals surface area contributed by atoms with Gasteiger partial charge in [0.15, 0.2) is 6.79 Å². The van der Waals surface area contributed by atoms with E-state index in [1.807, 2.05) is 13.5 Å². The molecule has 0 bridgehead atoms. The van der Waals surface area contributed by atoms with Gasteiger partial charge in [-0.1, -0.05) is 6.92 Å². The zero-order valence-electron chi connectivity index (χ0n) is 10.3. The Morgan fingerprint density at radius 2 is 2.12 bits per heavy atom. The number of hydrogen-bond donors (Lipinski definition) is 1. The molecule has 0 aliphatic heterocycles. The molecule has 0 aromatic heterocycles. The molecule has 0 saturated carbocycles. The van der Waals surface area contributed by atoms with Crippen LogP contribution in [0.15, 0.2) is 0 Å². The van der Waals surface area contributed by atoms with Crippen LogP contribution in [0, 0.1) is 0 Å². The predicted octanol–water partition coefficient (Wildman–Crippen LogP) is 1.40. The number of carbonyl (C=O) groups is 1. The van der Waals surface area contributed by atoms with E-state index < -0.39 is 8.56 Å². The van der Waals surface area contributed by atoms with E-state index >= 15 is 0 Å². The summed E-state index contributed by atoms with van der Waals surface area (Å²) in [5.74, 6) is -0.253. The summed E-state index contributed by atoms with van der Waals surface area (Å²) in [6.07, 6.45) is 1.81. The highest BCUT2D eigenvalue weighted by molar-refractivity contribution is 6.65. The number of aliphatic hydroxyl groups is 1. The summed E-state index contributed by atoms with van der Waals surface area (Å²) in [7, 11) is -0.691. The van der Waals surface area contributed by atoms with Crippen molar-refractivity contribution in [3.05, 3.63) is 0 Å². The summed E-state index contributed by atoms with van der Waals surface area (Å²) in [5, 5.41) is 8.73. The molecule has 5 nitrogen and oxygen atoms in total. The molecule has 0 heterocycles. The Labute approximate surface area is 97.9 Å². The van der Waals surface area contributed by atoms with Gasteiger partial charge < -0.3 is 18.7 Å². The van der Waals surface area contributed by atoms with E-state index in [2.05, 4.69) is 0 Å². The van der Waals surface area contributed by atoms with Crippen LogP contribution >= 0.6 is 0 Å². The Hall–Kier alpha value is -0.433. The third-order valence-corrected chi connectivity index (χ3v) is 5.11. The largest absolute Gasteiger partial charge is 0.439 e. The van der Waals surface area contributed by atoms with Gasteiger partial charge in [0.1, 0.15) is 0 Å². The van der Waals surface area contributed by atoms with Crippen LogP contribution in [0.25, 0.3) is 0 Å². The second-order valence-electron chi connectivity index (χ2n) is 3.69. The summed E-state index contributed by atoms with van der Waals surface area (Å²) < 4.78 is 15.6. The summed E-state index contributed by atoms with van der Waals surface area (Å²) in [6, 6.07) is 0.686. The fraction of sp³-hybridized carbons (Fsp3) is 0.900. The molecular formula is C10H22O5Si. The van der Waals surface area contributed by atoms with Gasteiger partial charge in [0, 0.05) is 20.1 Å². The molecule has 0 fully saturated rings. The third kappa shape index (κ3) is 6.94. The number of esters is 1. The van der Waals surface area contributed by atoms with E-state index in [9.17, 15) is 4.79 Å². The SMILES string of the molecule is CCCC(=O)OCO[Si](C)(CCCO)OC. The molecular weight excluding hydrogens is 228 g/mol. The van der Waals surface area contributed by atoms with Gasteiger partial charge >= 0.3 is 14.5 Å². The van der Waals surface area contributed by atoms with Gasteiger partial charge in [-0.05, 0) is 25.4 Å². The maximum absolute atomic E-state index is 11.1. The molecule has 6 heteroatoms. The highest BCUT2D eigenvalue weighted by Gasteiger charge is 2.29. The normalized spacial score (nSPS) is 14.5. The van der Waals surface area contributed by atoms with E-state index in [1.54, 1.807) is 7.11 Å². The Morgan fingerprint density at radius 3 is 2.62 bits per heavy atom. The molecule has 0 aromatic rings. The van der Waals surface area contributed by atoms with Crippen LogP contribution in [0.3, 0.4) is 0 Å². The van der Waals surface area contributed by atoms with Gasteiger partial charge in [-0.25, -0.2) is 0 Å². The van der Waals surface area contributed by atoms with Crippen LogP contribution in [0.5, 0.6) is 0 Å². The van der Waals surface area contributed by atoms with Crippen LogP contribution in [0.2, 0.25) is 12.6 Å². The molecule has 0 aromatic carbocycles. The molecule has 0 saturated heterocycles. The smallest absolute Gasteiger partial charge is 0.337 e. The second-order valence-corrected chi connectivity index (χ2v) is 7.16. The average Bonchev–Trinajstić information content (AvgIpc) is 2.27. The fourth-order valence-corrected chi connectivity index (χ4v) is 2.70. The van der Waals surface area contributed by atoms with E-state index in [-0.39, 0.29) is 19.4 Å². The third-order valence-electron chi connectivity index (χ3n) is 2.26. The van der Waals surface area contributed by atoms with Crippen molar-refractivity contribution in [3.8, 4) is 0 Å². The number of carbonyl (C=O) groups excluding carboxylic acids is 1. The number of aliphatic hydroxyl groups excluding tert-OH is 1. The molecule has 0 amide bonds. The lowest BCUT2D eigenvalue weighted by Gasteiger charge is -2.24. The minimum atomic E-state index is -2.27. The standard InChI is InChI=1S/C10H22O5Si/c1-4-6-10(12)14-9-15-16(3,13-2)8-5-7-11/h11H,4-9H2,1-3H3. The minimum absolute atomic E-state index is 0.0547. The van der Waals surface area contributed by atoms with Crippen molar-refractivity contribution >= 4 is 14.5 Å². The van der Waals surface area contributed by atoms with E-state index in [4.69, 9.17) is 18.7 Å². The van der Waals surface area contributed by atoms with Crippen molar-refractivity contribution in [1.29, 1.82) is 0 Å². The van der Waals surface area contributed by atoms with Crippen molar-refractivity contribution in [1.82, 2.24) is 0 Å². The average molecular weight is 250 g/mol. The van der Waals surface area contributed by atoms with Crippen molar-refractivity contribution in [2.75, 3.05) is 20.5 Å². The molecule has 1 N–H and O–H groups in total. The first-order valence-electron chi connectivity index (χ1n) is 5.53. The molecule has 0 aliphatic carbocycles. The highest BCUT2D eigenvalue weighted by atomic mass is 28.4. The van der Waals surface area contributed by atoms with Crippen molar-refractivity contribution in [2.24, 2.45) is 0 Å². The van der Waals surface area contributed by atoms with Crippen LogP contribution in [-0.4, -0.2) is 40.1 Å². The molecule has 96 valence electrons. The first-order chi connectivity index (χ1) is 7.58. The van der Waals surface area contributed by atoms with Crippen molar-refractivity contribution in [3.63, 3.8) is 0 Å². The summed E-state index contributed by atoms with van der Waals surface area (Å²) >= 11 is 0. The Kier molecular flexibility index (Phi) is 8.45. The van der Waals surface area contributed by atoms with Gasteiger partial charge in [0.25, 0.3) is 0 Å². The highest BCUT2D eigenvalue weighted by Crippen LogP contribution is 2.14. The quantitative estimate of drug-likeness (QED) is 0.381. The van der Waals surface area contributed by atoms with E-state index in [1.165, 1.54) is 0 Å². The van der Waals surface area contributed by atoms with Gasteiger partial charge in [0.05, 0.1) is 0 Å². The molecule has 1 atom stereocenters. The van der Waals surface area contributed by atoms with Crippen LogP contribution in [0.4, 0.5) is 0 Å². The molecule has 0 spiro atoms. The Balaban J connectivity index is 3.81. The number of rotatable bonds is 9. The predicted molar refractivity (Wildman–Crippen MR) is 62.1 cm³/mol. The lowest BCUT2D eigenvalue weighted by Crippen LogP contribution is -2.38. The van der Waals surface area contributed by atoms with Crippen LogP contribution in [0.1, 0.15) is 26.2 Å². The zero-order chi connectivity index (χ0) is 12.4. The summed E-state index contributed by atoms with van der Waals surface area (Å²) in [4.78, 5) is 11.1. The van der Waals surface area contributed by atoms with Crippen molar-refractivity contribution in [2.45, 2.75) is 38.8 Å². The van der Waals surface area contributed by atoms with Gasteiger partial charge in [-0.15, -0.1) is 0 Å². The Morgan fingerprint density at radius 1 is 1.44 bits per heavy atom.